The molecule has 2 aromatic rings. The minimum absolute atomic E-state index is 0.247. The highest BCUT2D eigenvalue weighted by Gasteiger charge is 2.17. The number of benzene rings is 1. The Hall–Kier alpha value is -2.50. The first kappa shape index (κ1) is 10.0. The van der Waals surface area contributed by atoms with Gasteiger partial charge in [0.25, 0.3) is 5.69 Å². The molecule has 0 amide bonds. The van der Waals surface area contributed by atoms with Crippen molar-refractivity contribution in [1.82, 2.24) is 4.98 Å². The Bertz CT molecular complexity index is 594. The van der Waals surface area contributed by atoms with Crippen LogP contribution in [-0.2, 0) is 0 Å². The number of pyridine rings is 1. The maximum atomic E-state index is 10.8. The Morgan fingerprint density at radius 2 is 2.06 bits per heavy atom. The van der Waals surface area contributed by atoms with Gasteiger partial charge in [-0.3, -0.25) is 10.1 Å². The predicted molar refractivity (Wildman–Crippen MR) is 55.4 cm³/mol. The average molecular weight is 218 g/mol. The second kappa shape index (κ2) is 3.58. The summed E-state index contributed by atoms with van der Waals surface area (Å²) in [7, 11) is 0. The first-order chi connectivity index (χ1) is 7.59. The third-order valence-corrected chi connectivity index (χ3v) is 2.11. The number of hydrogen-bond donors (Lipinski definition) is 1. The molecule has 0 aliphatic rings. The first-order valence-electron chi connectivity index (χ1n) is 4.37. The van der Waals surface area contributed by atoms with Crippen LogP contribution in [0.3, 0.4) is 0 Å². The Balaban J connectivity index is 2.84. The largest absolute Gasteiger partial charge is 0.477 e. The summed E-state index contributed by atoms with van der Waals surface area (Å²) in [5.74, 6) is -1.28. The first-order valence-corrected chi connectivity index (χ1v) is 4.37. The van der Waals surface area contributed by atoms with Crippen molar-refractivity contribution < 1.29 is 14.8 Å². The van der Waals surface area contributed by atoms with E-state index in [0.717, 1.165) is 6.07 Å². The molecule has 2 rings (SSSR count). The van der Waals surface area contributed by atoms with Gasteiger partial charge >= 0.3 is 5.97 Å². The summed E-state index contributed by atoms with van der Waals surface area (Å²) < 4.78 is 0. The maximum Gasteiger partial charge on any atom is 0.354 e. The summed E-state index contributed by atoms with van der Waals surface area (Å²) in [6.07, 6.45) is 0. The van der Waals surface area contributed by atoms with Crippen LogP contribution in [0.2, 0.25) is 0 Å². The van der Waals surface area contributed by atoms with E-state index >= 15 is 0 Å². The lowest BCUT2D eigenvalue weighted by molar-refractivity contribution is -0.383. The quantitative estimate of drug-likeness (QED) is 0.613. The van der Waals surface area contributed by atoms with Crippen molar-refractivity contribution >= 4 is 22.6 Å². The van der Waals surface area contributed by atoms with Crippen molar-refractivity contribution in [3.63, 3.8) is 0 Å². The van der Waals surface area contributed by atoms with E-state index in [1.54, 1.807) is 12.1 Å². The third kappa shape index (κ3) is 1.56. The zero-order valence-corrected chi connectivity index (χ0v) is 7.95. The van der Waals surface area contributed by atoms with Gasteiger partial charge in [0, 0.05) is 6.07 Å². The summed E-state index contributed by atoms with van der Waals surface area (Å²) in [5, 5.41) is 19.9. The van der Waals surface area contributed by atoms with Gasteiger partial charge in [-0.25, -0.2) is 9.78 Å². The fourth-order valence-corrected chi connectivity index (χ4v) is 1.42. The molecule has 0 fully saturated rings. The summed E-state index contributed by atoms with van der Waals surface area (Å²) in [5.41, 5.74) is -0.275. The molecule has 0 aliphatic heterocycles. The minimum Gasteiger partial charge on any atom is -0.477 e. The van der Waals surface area contributed by atoms with Crippen LogP contribution < -0.4 is 0 Å². The number of fused-ring (bicyclic) bond motifs is 1. The van der Waals surface area contributed by atoms with E-state index in [2.05, 4.69) is 4.98 Å². The van der Waals surface area contributed by atoms with Gasteiger partial charge < -0.3 is 5.11 Å². The molecule has 0 spiro atoms. The number of para-hydroxylation sites is 1. The number of aromatic nitrogens is 1. The molecule has 0 aliphatic carbocycles. The van der Waals surface area contributed by atoms with Gasteiger partial charge in [-0.15, -0.1) is 0 Å². The molecule has 6 heteroatoms. The van der Waals surface area contributed by atoms with Crippen LogP contribution >= 0.6 is 0 Å². The fraction of sp³-hybridized carbons (Fsp3) is 0. The SMILES string of the molecule is O=C(O)c1cc([N+](=O)[O-])c2ccccc2n1. The highest BCUT2D eigenvalue weighted by atomic mass is 16.6. The Labute approximate surface area is 89.3 Å². The van der Waals surface area contributed by atoms with Crippen LogP contribution in [0.25, 0.3) is 10.9 Å². The Morgan fingerprint density at radius 1 is 1.38 bits per heavy atom. The highest BCUT2D eigenvalue weighted by molar-refractivity contribution is 5.94. The second-order valence-corrected chi connectivity index (χ2v) is 3.11. The molecular weight excluding hydrogens is 212 g/mol. The number of carboxylic acids is 1. The predicted octanol–water partition coefficient (Wildman–Crippen LogP) is 1.84. The van der Waals surface area contributed by atoms with Crippen LogP contribution in [0.15, 0.2) is 30.3 Å². The van der Waals surface area contributed by atoms with E-state index in [-0.39, 0.29) is 11.4 Å². The number of rotatable bonds is 2. The summed E-state index contributed by atoms with van der Waals surface area (Å²) in [6, 6.07) is 7.31. The van der Waals surface area contributed by atoms with Gasteiger partial charge in [0.15, 0.2) is 5.69 Å². The van der Waals surface area contributed by atoms with Gasteiger partial charge in [0.05, 0.1) is 15.8 Å². The molecule has 0 unspecified atom stereocenters. The van der Waals surface area contributed by atoms with Gasteiger partial charge in [-0.1, -0.05) is 12.1 Å². The van der Waals surface area contributed by atoms with E-state index in [9.17, 15) is 14.9 Å². The van der Waals surface area contributed by atoms with Crippen LogP contribution in [0.5, 0.6) is 0 Å². The fourth-order valence-electron chi connectivity index (χ4n) is 1.42. The lowest BCUT2D eigenvalue weighted by atomic mass is 10.1. The van der Waals surface area contributed by atoms with Crippen LogP contribution in [0, 0.1) is 10.1 Å². The molecule has 0 radical (unpaired) electrons. The van der Waals surface area contributed by atoms with Gasteiger partial charge in [-0.05, 0) is 12.1 Å². The van der Waals surface area contributed by atoms with Gasteiger partial charge in [0.1, 0.15) is 0 Å². The molecular formula is C10H6N2O4. The molecule has 16 heavy (non-hydrogen) atoms. The van der Waals surface area contributed by atoms with E-state index < -0.39 is 10.9 Å². The highest BCUT2D eigenvalue weighted by Crippen LogP contribution is 2.24. The molecule has 1 aromatic carbocycles. The van der Waals surface area contributed by atoms with Crippen molar-refractivity contribution in [3.8, 4) is 0 Å². The second-order valence-electron chi connectivity index (χ2n) is 3.11. The number of carboxylic acid groups (broad SMARTS) is 1. The van der Waals surface area contributed by atoms with E-state index in [0.29, 0.717) is 10.9 Å². The van der Waals surface area contributed by atoms with Crippen LogP contribution in [0.1, 0.15) is 10.5 Å². The molecule has 1 heterocycles. The van der Waals surface area contributed by atoms with Crippen LogP contribution in [-0.4, -0.2) is 21.0 Å². The normalized spacial score (nSPS) is 10.2. The molecule has 1 N–H and O–H groups in total. The molecule has 0 saturated heterocycles. The van der Waals surface area contributed by atoms with Gasteiger partial charge in [-0.2, -0.15) is 0 Å². The molecule has 0 atom stereocenters. The molecule has 0 saturated carbocycles. The molecule has 1 aromatic heterocycles. The summed E-state index contributed by atoms with van der Waals surface area (Å²) in [6.45, 7) is 0. The lowest BCUT2D eigenvalue weighted by Gasteiger charge is -2.00. The maximum absolute atomic E-state index is 10.8. The number of nitro groups is 1. The molecule has 6 nitrogen and oxygen atoms in total. The molecule has 80 valence electrons. The minimum atomic E-state index is -1.28. The van der Waals surface area contributed by atoms with E-state index in [1.807, 2.05) is 0 Å². The van der Waals surface area contributed by atoms with Gasteiger partial charge in [0.2, 0.25) is 0 Å². The van der Waals surface area contributed by atoms with Crippen molar-refractivity contribution in [2.45, 2.75) is 0 Å². The third-order valence-electron chi connectivity index (χ3n) is 2.11. The van der Waals surface area contributed by atoms with Crippen molar-refractivity contribution in [2.24, 2.45) is 0 Å². The topological polar surface area (TPSA) is 93.3 Å². The number of carbonyl (C=O) groups is 1. The number of nitrogens with zero attached hydrogens (tertiary/aromatic N) is 2. The standard InChI is InChI=1S/C10H6N2O4/c13-10(14)8-5-9(12(15)16)6-3-1-2-4-7(6)11-8/h1-5H,(H,13,14). The monoisotopic (exact) mass is 218 g/mol. The Morgan fingerprint density at radius 3 is 2.69 bits per heavy atom. The summed E-state index contributed by atoms with van der Waals surface area (Å²) in [4.78, 5) is 24.7. The Kier molecular flexibility index (Phi) is 2.24. The zero-order chi connectivity index (χ0) is 11.7. The smallest absolute Gasteiger partial charge is 0.354 e. The average Bonchev–Trinajstić information content (AvgIpc) is 2.27. The van der Waals surface area contributed by atoms with E-state index in [1.165, 1.54) is 12.1 Å². The van der Waals surface area contributed by atoms with Crippen molar-refractivity contribution in [1.29, 1.82) is 0 Å². The summed E-state index contributed by atoms with van der Waals surface area (Å²) >= 11 is 0. The van der Waals surface area contributed by atoms with Crippen molar-refractivity contribution in [3.05, 3.63) is 46.1 Å². The van der Waals surface area contributed by atoms with E-state index in [4.69, 9.17) is 5.11 Å². The van der Waals surface area contributed by atoms with Crippen molar-refractivity contribution in [2.75, 3.05) is 0 Å². The number of hydrogen-bond acceptors (Lipinski definition) is 4. The lowest BCUT2D eigenvalue weighted by Crippen LogP contribution is -2.02. The zero-order valence-electron chi connectivity index (χ0n) is 7.95. The number of aromatic carboxylic acids is 1. The molecule has 0 bridgehead atoms. The van der Waals surface area contributed by atoms with Crippen LogP contribution in [0.4, 0.5) is 5.69 Å².